The highest BCUT2D eigenvalue weighted by molar-refractivity contribution is 5.78. The predicted octanol–water partition coefficient (Wildman–Crippen LogP) is 3.95. The van der Waals surface area contributed by atoms with Crippen LogP contribution in [0.1, 0.15) is 44.6 Å². The summed E-state index contributed by atoms with van der Waals surface area (Å²) >= 11 is 0. The topological polar surface area (TPSA) is 120 Å². The molecule has 0 bridgehead atoms. The maximum Gasteiger partial charge on any atom is 0.224 e. The van der Waals surface area contributed by atoms with Crippen LogP contribution in [-0.4, -0.2) is 44.4 Å². The first kappa shape index (κ1) is 23.3. The van der Waals surface area contributed by atoms with Crippen molar-refractivity contribution in [3.8, 4) is 0 Å². The van der Waals surface area contributed by atoms with E-state index in [-0.39, 0.29) is 42.0 Å². The van der Waals surface area contributed by atoms with Gasteiger partial charge in [-0.3, -0.25) is 9.36 Å². The van der Waals surface area contributed by atoms with Crippen molar-refractivity contribution in [2.24, 2.45) is 11.7 Å². The smallest absolute Gasteiger partial charge is 0.224 e. The number of fused-ring (bicyclic) bond motifs is 1. The number of imidazole rings is 1. The molecular weight excluding hydrogens is 463 g/mol. The number of halogens is 3. The Kier molecular flexibility index (Phi) is 6.46. The number of alkyl halides is 1. The first-order valence-corrected chi connectivity index (χ1v) is 11.7. The van der Waals surface area contributed by atoms with Crippen LogP contribution in [0, 0.1) is 17.6 Å². The van der Waals surface area contributed by atoms with Gasteiger partial charge in [0.05, 0.1) is 12.8 Å². The summed E-state index contributed by atoms with van der Waals surface area (Å²) < 4.78 is 49.2. The van der Waals surface area contributed by atoms with Gasteiger partial charge in [-0.15, -0.1) is 0 Å². The Balaban J connectivity index is 1.51. The van der Waals surface area contributed by atoms with Gasteiger partial charge in [0, 0.05) is 24.4 Å². The van der Waals surface area contributed by atoms with E-state index >= 15 is 0 Å². The molecule has 1 saturated carbocycles. The van der Waals surface area contributed by atoms with E-state index in [9.17, 15) is 18.0 Å². The molecule has 1 aromatic carbocycles. The van der Waals surface area contributed by atoms with Crippen molar-refractivity contribution in [3.63, 3.8) is 0 Å². The van der Waals surface area contributed by atoms with E-state index in [4.69, 9.17) is 10.5 Å². The number of para-hydroxylation sites is 1. The number of rotatable bonds is 6. The summed E-state index contributed by atoms with van der Waals surface area (Å²) in [5.41, 5.74) is 6.06. The molecule has 0 radical (unpaired) electrons. The fourth-order valence-electron chi connectivity index (χ4n) is 4.80. The Morgan fingerprint density at radius 2 is 1.86 bits per heavy atom. The molecule has 35 heavy (non-hydrogen) atoms. The standard InChI is InChI=1S/C23H26F3N7O2/c24-15-2-1-3-16(25)19(15)31-23-30-17-11-28-22(29-13-8-9-35-18(26)10-13)32-21(17)33(23)14-6-4-12(5-7-14)20(27)34/h1-3,11-14,18H,4-10H2,(H2,27,34)(H,30,31)(H,28,29,32). The molecule has 9 nitrogen and oxygen atoms in total. The number of nitrogens with one attached hydrogen (secondary N) is 2. The SMILES string of the molecule is NC(=O)C1CCC(n2c(Nc3c(F)cccc3F)nc3cnc(NC4CCOC(F)C4)nc32)CC1. The predicted molar refractivity (Wildman–Crippen MR) is 123 cm³/mol. The number of nitrogens with zero attached hydrogens (tertiary/aromatic N) is 4. The molecular formula is C23H26F3N7O2. The van der Waals surface area contributed by atoms with Crippen LogP contribution in [0.5, 0.6) is 0 Å². The first-order chi connectivity index (χ1) is 16.9. The van der Waals surface area contributed by atoms with Crippen molar-refractivity contribution in [2.45, 2.75) is 57.0 Å². The Bertz CT molecular complexity index is 1210. The third kappa shape index (κ3) is 4.88. The lowest BCUT2D eigenvalue weighted by Gasteiger charge is -2.29. The Hall–Kier alpha value is -3.41. The Labute approximate surface area is 199 Å². The van der Waals surface area contributed by atoms with Gasteiger partial charge < -0.3 is 21.1 Å². The maximum absolute atomic E-state index is 14.4. The number of aromatic nitrogens is 4. The number of hydrogen-bond donors (Lipinski definition) is 3. The number of anilines is 3. The molecule has 5 rings (SSSR count). The van der Waals surface area contributed by atoms with Gasteiger partial charge in [-0.1, -0.05) is 6.07 Å². The summed E-state index contributed by atoms with van der Waals surface area (Å²) in [6.07, 6.45) is 3.36. The minimum Gasteiger partial charge on any atom is -0.369 e. The lowest BCUT2D eigenvalue weighted by atomic mass is 9.85. The van der Waals surface area contributed by atoms with Crippen LogP contribution in [0.25, 0.3) is 11.2 Å². The third-order valence-corrected chi connectivity index (χ3v) is 6.66. The average molecular weight is 490 g/mol. The lowest BCUT2D eigenvalue weighted by molar-refractivity contribution is -0.122. The average Bonchev–Trinajstić information content (AvgIpc) is 3.19. The number of amides is 1. The molecule has 2 fully saturated rings. The van der Waals surface area contributed by atoms with Crippen molar-refractivity contribution in [2.75, 3.05) is 17.2 Å². The van der Waals surface area contributed by atoms with E-state index < -0.39 is 18.0 Å². The molecule has 2 atom stereocenters. The van der Waals surface area contributed by atoms with Gasteiger partial charge in [0.15, 0.2) is 5.65 Å². The molecule has 2 aliphatic rings. The quantitative estimate of drug-likeness (QED) is 0.480. The zero-order valence-corrected chi connectivity index (χ0v) is 18.9. The molecule has 1 saturated heterocycles. The largest absolute Gasteiger partial charge is 0.369 e. The minimum absolute atomic E-state index is 0.131. The van der Waals surface area contributed by atoms with E-state index in [1.54, 1.807) is 4.57 Å². The Morgan fingerprint density at radius 3 is 2.54 bits per heavy atom. The first-order valence-electron chi connectivity index (χ1n) is 11.7. The van der Waals surface area contributed by atoms with Crippen LogP contribution in [0.15, 0.2) is 24.4 Å². The number of primary amides is 1. The number of hydrogen-bond acceptors (Lipinski definition) is 7. The number of nitrogens with two attached hydrogens (primary N) is 1. The van der Waals surface area contributed by atoms with Crippen LogP contribution in [0.4, 0.5) is 30.8 Å². The van der Waals surface area contributed by atoms with Gasteiger partial charge in [-0.25, -0.2) is 23.1 Å². The molecule has 0 spiro atoms. The highest BCUT2D eigenvalue weighted by Gasteiger charge is 2.30. The third-order valence-electron chi connectivity index (χ3n) is 6.66. The van der Waals surface area contributed by atoms with Gasteiger partial charge in [-0.2, -0.15) is 4.98 Å². The van der Waals surface area contributed by atoms with Crippen molar-refractivity contribution in [3.05, 3.63) is 36.0 Å². The molecule has 4 N–H and O–H groups in total. The molecule has 2 aromatic heterocycles. The Morgan fingerprint density at radius 1 is 1.11 bits per heavy atom. The highest BCUT2D eigenvalue weighted by atomic mass is 19.1. The van der Waals surface area contributed by atoms with Gasteiger partial charge >= 0.3 is 0 Å². The maximum atomic E-state index is 14.4. The van der Waals surface area contributed by atoms with E-state index in [1.165, 1.54) is 12.3 Å². The molecule has 3 heterocycles. The van der Waals surface area contributed by atoms with E-state index in [2.05, 4.69) is 25.6 Å². The molecule has 1 aliphatic heterocycles. The minimum atomic E-state index is -1.34. The van der Waals surface area contributed by atoms with E-state index in [0.29, 0.717) is 55.8 Å². The lowest BCUT2D eigenvalue weighted by Crippen LogP contribution is -2.32. The number of carbonyl (C=O) groups excluding carboxylic acids is 1. The van der Waals surface area contributed by atoms with Crippen molar-refractivity contribution in [1.82, 2.24) is 19.5 Å². The normalized spacial score (nSPS) is 24.9. The van der Waals surface area contributed by atoms with Crippen molar-refractivity contribution in [1.29, 1.82) is 0 Å². The molecule has 186 valence electrons. The van der Waals surface area contributed by atoms with Gasteiger partial charge in [0.2, 0.25) is 24.2 Å². The van der Waals surface area contributed by atoms with Crippen LogP contribution in [-0.2, 0) is 9.53 Å². The molecule has 2 unspecified atom stereocenters. The summed E-state index contributed by atoms with van der Waals surface area (Å²) in [4.78, 5) is 25.1. The van der Waals surface area contributed by atoms with Gasteiger partial charge in [-0.05, 0) is 44.2 Å². The van der Waals surface area contributed by atoms with Gasteiger partial charge in [0.25, 0.3) is 0 Å². The van der Waals surface area contributed by atoms with E-state index in [1.807, 2.05) is 0 Å². The second kappa shape index (κ2) is 9.68. The van der Waals surface area contributed by atoms with Crippen LogP contribution in [0.2, 0.25) is 0 Å². The zero-order chi connectivity index (χ0) is 24.5. The van der Waals surface area contributed by atoms with Crippen molar-refractivity contribution < 1.29 is 22.7 Å². The van der Waals surface area contributed by atoms with Crippen LogP contribution < -0.4 is 16.4 Å². The molecule has 12 heteroatoms. The zero-order valence-electron chi connectivity index (χ0n) is 18.9. The summed E-state index contributed by atoms with van der Waals surface area (Å²) in [6.45, 7) is 0.296. The second-order valence-electron chi connectivity index (χ2n) is 8.98. The van der Waals surface area contributed by atoms with Gasteiger partial charge in [0.1, 0.15) is 22.8 Å². The summed E-state index contributed by atoms with van der Waals surface area (Å²) in [5.74, 6) is -1.54. The molecule has 1 amide bonds. The summed E-state index contributed by atoms with van der Waals surface area (Å²) in [7, 11) is 0. The number of carbonyl (C=O) groups is 1. The fraction of sp³-hybridized carbons (Fsp3) is 0.478. The van der Waals surface area contributed by atoms with Crippen LogP contribution >= 0.6 is 0 Å². The summed E-state index contributed by atoms with van der Waals surface area (Å²) in [5, 5.41) is 5.94. The fourth-order valence-corrected chi connectivity index (χ4v) is 4.80. The molecule has 3 aromatic rings. The van der Waals surface area contributed by atoms with Crippen LogP contribution in [0.3, 0.4) is 0 Å². The van der Waals surface area contributed by atoms with E-state index in [0.717, 1.165) is 12.1 Å². The summed E-state index contributed by atoms with van der Waals surface area (Å²) in [6, 6.07) is 3.28. The molecule has 1 aliphatic carbocycles. The number of ether oxygens (including phenoxy) is 1. The highest BCUT2D eigenvalue weighted by Crippen LogP contribution is 2.37. The van der Waals surface area contributed by atoms with Crippen molar-refractivity contribution >= 4 is 34.7 Å². The number of benzene rings is 1. The monoisotopic (exact) mass is 489 g/mol. The second-order valence-corrected chi connectivity index (χ2v) is 8.98.